The van der Waals surface area contributed by atoms with Gasteiger partial charge in [-0.3, -0.25) is 42.9 Å². The average Bonchev–Trinajstić information content (AvgIpc) is 3.72. The Morgan fingerprint density at radius 3 is 1.94 bits per heavy atom. The first kappa shape index (κ1) is 53.2. The normalized spacial score (nSPS) is 13.3. The Hall–Kier alpha value is -7.76. The summed E-state index contributed by atoms with van der Waals surface area (Å²) in [5, 5.41) is 25.9. The Kier molecular flexibility index (Phi) is 19.0. The Morgan fingerprint density at radius 2 is 1.29 bits per heavy atom. The second-order valence-electron chi connectivity index (χ2n) is 15.9. The highest BCUT2D eigenvalue weighted by atomic mass is 32.3. The molecule has 0 spiro atoms. The lowest BCUT2D eigenvalue weighted by Gasteiger charge is -2.26. The van der Waals surface area contributed by atoms with Gasteiger partial charge in [0, 0.05) is 54.5 Å². The van der Waals surface area contributed by atoms with E-state index in [4.69, 9.17) is 10.3 Å². The summed E-state index contributed by atoms with van der Waals surface area (Å²) in [6.45, 7) is 1.21. The van der Waals surface area contributed by atoms with Crippen LogP contribution in [0, 0.1) is 0 Å². The molecule has 0 bridgehead atoms. The molecule has 1 heterocycles. The fraction of sp³-hybridized carbons (Fsp3) is 0.277. The molecule has 11 N–H and O–H groups in total. The Bertz CT molecular complexity index is 2810. The number of primary amides is 1. The number of anilines is 1. The van der Waals surface area contributed by atoms with Crippen molar-refractivity contribution in [3.63, 3.8) is 0 Å². The number of carboxylic acid groups (broad SMARTS) is 1. The number of para-hydroxylation sites is 1. The smallest absolute Gasteiger partial charge is 0.446 e. The van der Waals surface area contributed by atoms with E-state index in [1.807, 2.05) is 18.2 Å². The largest absolute Gasteiger partial charge is 0.481 e. The average molecular weight is 1000 g/mol. The summed E-state index contributed by atoms with van der Waals surface area (Å²) < 4.78 is 35.5. The van der Waals surface area contributed by atoms with E-state index < -0.39 is 94.3 Å². The predicted octanol–water partition coefficient (Wildman–Crippen LogP) is 1.79. The van der Waals surface area contributed by atoms with Crippen molar-refractivity contribution >= 4 is 86.1 Å². The van der Waals surface area contributed by atoms with E-state index in [1.165, 1.54) is 67.2 Å². The first-order chi connectivity index (χ1) is 33.3. The first-order valence-electron chi connectivity index (χ1n) is 21.5. The standard InChI is InChI=1S/C47H52N8O13S2/c1-27(56)50-38(22-29-15-17-33(18-16-29)68-70(65,66)67)45(62)51-32-12-8-11-30(23-32)43(60)54-39(24-31-26-49-35-14-7-6-13-34(31)35)46(63)52-36(19-20-69-2)44(61)55-40(25-41(57)58)47(64)53-37(42(48)59)21-28-9-4-3-5-10-28/h3-18,23,26,36-40,49H,19-22,24-25H2,1-2H3,(H2,48,59)(H,50,56)(H,51,62)(H,52,63)(H,53,64)(H,54,60)(H,55,61)(H,57,58)(H,65,66,67)/t36-,37-,38-,39-,40-/m0/s1. The molecule has 1 aromatic heterocycles. The topological polar surface area (TPSA) is 334 Å². The summed E-state index contributed by atoms with van der Waals surface area (Å²) >= 11 is 1.35. The minimum atomic E-state index is -4.77. The molecule has 0 saturated heterocycles. The predicted molar refractivity (Wildman–Crippen MR) is 259 cm³/mol. The van der Waals surface area contributed by atoms with E-state index in [0.29, 0.717) is 22.4 Å². The van der Waals surface area contributed by atoms with E-state index in [-0.39, 0.29) is 42.7 Å². The van der Waals surface area contributed by atoms with Crippen LogP contribution < -0.4 is 41.8 Å². The van der Waals surface area contributed by atoms with Gasteiger partial charge in [-0.2, -0.15) is 20.2 Å². The molecule has 0 radical (unpaired) electrons. The van der Waals surface area contributed by atoms with E-state index in [2.05, 4.69) is 41.1 Å². The second kappa shape index (κ2) is 25.0. The van der Waals surface area contributed by atoms with Crippen molar-refractivity contribution in [3.05, 3.63) is 132 Å². The highest BCUT2D eigenvalue weighted by Gasteiger charge is 2.33. The molecule has 70 heavy (non-hydrogen) atoms. The van der Waals surface area contributed by atoms with Crippen LogP contribution >= 0.6 is 11.8 Å². The molecule has 7 amide bonds. The summed E-state index contributed by atoms with van der Waals surface area (Å²) in [5.74, 6) is -6.90. The highest BCUT2D eigenvalue weighted by Crippen LogP contribution is 2.21. The maximum atomic E-state index is 14.4. The first-order valence-corrected chi connectivity index (χ1v) is 24.3. The van der Waals surface area contributed by atoms with Crippen LogP contribution in [0.1, 0.15) is 46.8 Å². The number of benzene rings is 4. The van der Waals surface area contributed by atoms with Crippen LogP contribution in [0.2, 0.25) is 0 Å². The third-order valence-electron chi connectivity index (χ3n) is 10.6. The molecule has 0 fully saturated rings. The number of aromatic nitrogens is 1. The number of carboxylic acids is 1. The fourth-order valence-corrected chi connectivity index (χ4v) is 8.04. The lowest BCUT2D eigenvalue weighted by molar-refractivity contribution is -0.141. The lowest BCUT2D eigenvalue weighted by Crippen LogP contribution is -2.59. The molecule has 0 aliphatic rings. The van der Waals surface area contributed by atoms with Crippen molar-refractivity contribution in [3.8, 4) is 5.75 Å². The van der Waals surface area contributed by atoms with Gasteiger partial charge in [0.1, 0.15) is 36.0 Å². The third kappa shape index (κ3) is 16.5. The molecule has 5 rings (SSSR count). The number of amides is 7. The number of thioether (sulfide) groups is 1. The summed E-state index contributed by atoms with van der Waals surface area (Å²) in [5.41, 5.74) is 8.22. The molecule has 0 aliphatic carbocycles. The maximum Gasteiger partial charge on any atom is 0.446 e. The Balaban J connectivity index is 1.35. The number of fused-ring (bicyclic) bond motifs is 1. The number of hydrogen-bond acceptors (Lipinski definition) is 12. The highest BCUT2D eigenvalue weighted by molar-refractivity contribution is 7.98. The minimum Gasteiger partial charge on any atom is -0.481 e. The molecule has 0 saturated carbocycles. The van der Waals surface area contributed by atoms with Crippen LogP contribution in [-0.2, 0) is 63.2 Å². The van der Waals surface area contributed by atoms with Crippen molar-refractivity contribution < 1.29 is 60.6 Å². The molecule has 23 heteroatoms. The van der Waals surface area contributed by atoms with Gasteiger partial charge >= 0.3 is 16.4 Å². The SMILES string of the molecule is CSCC[C@H](NC(=O)[C@H](Cc1c[nH]c2ccccc12)NC(=O)c1cccc(NC(=O)[C@H](Cc2ccc(OS(=O)(=O)O)cc2)NC(C)=O)c1)C(=O)N[C@@H](CC(=O)O)C(=O)N[C@@H](Cc1ccccc1)C(N)=O. The van der Waals surface area contributed by atoms with Gasteiger partial charge in [0.2, 0.25) is 35.4 Å². The van der Waals surface area contributed by atoms with Gasteiger partial charge in [0.25, 0.3) is 5.91 Å². The number of nitrogens with one attached hydrogen (secondary N) is 7. The van der Waals surface area contributed by atoms with Crippen molar-refractivity contribution in [1.29, 1.82) is 0 Å². The summed E-state index contributed by atoms with van der Waals surface area (Å²) in [7, 11) is -4.77. The zero-order valence-electron chi connectivity index (χ0n) is 37.8. The molecule has 5 aromatic rings. The van der Waals surface area contributed by atoms with Crippen molar-refractivity contribution in [2.75, 3.05) is 17.3 Å². The quantitative estimate of drug-likeness (QED) is 0.0373. The number of aromatic amines is 1. The van der Waals surface area contributed by atoms with E-state index >= 15 is 0 Å². The van der Waals surface area contributed by atoms with Crippen molar-refractivity contribution in [2.45, 2.75) is 69.2 Å². The number of rotatable bonds is 25. The van der Waals surface area contributed by atoms with Crippen molar-refractivity contribution in [1.82, 2.24) is 31.6 Å². The van der Waals surface area contributed by atoms with Gasteiger partial charge < -0.3 is 51.9 Å². The number of aliphatic carboxylic acids is 1. The van der Waals surface area contributed by atoms with E-state index in [1.54, 1.807) is 48.9 Å². The molecule has 21 nitrogen and oxygen atoms in total. The Morgan fingerprint density at radius 1 is 0.686 bits per heavy atom. The van der Waals surface area contributed by atoms with Gasteiger partial charge in [-0.25, -0.2) is 0 Å². The van der Waals surface area contributed by atoms with E-state index in [0.717, 1.165) is 10.9 Å². The number of nitrogens with two attached hydrogens (primary N) is 1. The number of H-pyrrole nitrogens is 1. The van der Waals surface area contributed by atoms with Gasteiger partial charge in [-0.1, -0.05) is 66.7 Å². The molecule has 0 unspecified atom stereocenters. The van der Waals surface area contributed by atoms with Crippen LogP contribution in [0.25, 0.3) is 10.9 Å². The van der Waals surface area contributed by atoms with Gasteiger partial charge in [0.05, 0.1) is 6.42 Å². The molecule has 4 aromatic carbocycles. The summed E-state index contributed by atoms with van der Waals surface area (Å²) in [6, 6.07) is 20.2. The minimum absolute atomic E-state index is 0.000702. The van der Waals surface area contributed by atoms with Gasteiger partial charge in [-0.05, 0) is 71.5 Å². The molecule has 0 aliphatic heterocycles. The van der Waals surface area contributed by atoms with Crippen LogP contribution in [0.15, 0.2) is 109 Å². The number of carbonyl (C=O) groups is 8. The molecule has 5 atom stereocenters. The van der Waals surface area contributed by atoms with Crippen LogP contribution in [0.3, 0.4) is 0 Å². The molecule has 370 valence electrons. The van der Waals surface area contributed by atoms with Crippen molar-refractivity contribution in [2.24, 2.45) is 5.73 Å². The monoisotopic (exact) mass is 1000 g/mol. The third-order valence-corrected chi connectivity index (χ3v) is 11.6. The van der Waals surface area contributed by atoms with Crippen LogP contribution in [0.4, 0.5) is 5.69 Å². The van der Waals surface area contributed by atoms with E-state index in [9.17, 15) is 51.9 Å². The number of carbonyl (C=O) groups excluding carboxylic acids is 7. The Labute approximate surface area is 406 Å². The lowest BCUT2D eigenvalue weighted by atomic mass is 10.0. The molecular formula is C47H52N8O13S2. The fourth-order valence-electron chi connectivity index (χ4n) is 7.21. The van der Waals surface area contributed by atoms with Crippen LogP contribution in [0.5, 0.6) is 5.75 Å². The van der Waals surface area contributed by atoms with Gasteiger partial charge in [-0.15, -0.1) is 0 Å². The van der Waals surface area contributed by atoms with Crippen LogP contribution in [-0.4, -0.2) is 113 Å². The second-order valence-corrected chi connectivity index (χ2v) is 17.9. The zero-order valence-corrected chi connectivity index (χ0v) is 39.4. The van der Waals surface area contributed by atoms with Gasteiger partial charge in [0.15, 0.2) is 0 Å². The summed E-state index contributed by atoms with van der Waals surface area (Å²) in [4.78, 5) is 109. The summed E-state index contributed by atoms with van der Waals surface area (Å²) in [6.07, 6.45) is 2.41. The number of hydrogen-bond donors (Lipinski definition) is 10. The zero-order chi connectivity index (χ0) is 51.0. The molecular weight excluding hydrogens is 949 g/mol. The maximum absolute atomic E-state index is 14.4.